The van der Waals surface area contributed by atoms with Crippen LogP contribution in [0.2, 0.25) is 0 Å². The highest BCUT2D eigenvalue weighted by Crippen LogP contribution is 2.34. The second kappa shape index (κ2) is 5.74. The first-order valence-electron chi connectivity index (χ1n) is 6.62. The molecule has 20 heavy (non-hydrogen) atoms. The van der Waals surface area contributed by atoms with E-state index in [4.69, 9.17) is 0 Å². The molecular weight excluding hydrogens is 280 g/mol. The van der Waals surface area contributed by atoms with Gasteiger partial charge in [0.05, 0.1) is 5.41 Å². The average molecular weight is 298 g/mol. The third-order valence-electron chi connectivity index (χ3n) is 3.75. The summed E-state index contributed by atoms with van der Waals surface area (Å²) in [6.45, 7) is 4.50. The molecule has 1 unspecified atom stereocenters. The Balaban J connectivity index is 1.99. The topological polar surface area (TPSA) is 95.4 Å². The number of anilines is 1. The monoisotopic (exact) mass is 298 g/mol. The molecule has 2 amide bonds. The number of carboxylic acids is 1. The summed E-state index contributed by atoms with van der Waals surface area (Å²) >= 11 is 1.33. The number of likely N-dealkylation sites (tertiary alicyclic amines) is 1. The number of carbonyl (C=O) groups is 2. The number of carboxylic acid groups (broad SMARTS) is 1. The van der Waals surface area contributed by atoms with E-state index >= 15 is 0 Å². The van der Waals surface area contributed by atoms with Gasteiger partial charge in [-0.05, 0) is 19.3 Å². The minimum Gasteiger partial charge on any atom is -0.481 e. The molecule has 1 fully saturated rings. The predicted octanol–water partition coefficient (Wildman–Crippen LogP) is 1.82. The van der Waals surface area contributed by atoms with Gasteiger partial charge in [-0.25, -0.2) is 4.79 Å². The van der Waals surface area contributed by atoms with Gasteiger partial charge in [-0.2, -0.15) is 0 Å². The first-order chi connectivity index (χ1) is 9.50. The van der Waals surface area contributed by atoms with Crippen LogP contribution >= 0.6 is 11.3 Å². The molecule has 2 N–H and O–H groups in total. The molecule has 110 valence electrons. The molecule has 2 heterocycles. The molecule has 1 aromatic rings. The fourth-order valence-electron chi connectivity index (χ4n) is 2.28. The van der Waals surface area contributed by atoms with E-state index in [1.54, 1.807) is 0 Å². The van der Waals surface area contributed by atoms with Crippen LogP contribution in [0.3, 0.4) is 0 Å². The minimum absolute atomic E-state index is 0.240. The normalized spacial score (nSPS) is 22.0. The molecule has 0 bridgehead atoms. The van der Waals surface area contributed by atoms with Crippen LogP contribution in [-0.2, 0) is 11.2 Å². The highest BCUT2D eigenvalue weighted by molar-refractivity contribution is 7.15. The number of aryl methyl sites for hydroxylation is 1. The smallest absolute Gasteiger partial charge is 0.323 e. The summed E-state index contributed by atoms with van der Waals surface area (Å²) in [5.74, 6) is -0.834. The van der Waals surface area contributed by atoms with Crippen LogP contribution in [0, 0.1) is 5.41 Å². The van der Waals surface area contributed by atoms with Crippen LogP contribution in [0.4, 0.5) is 9.93 Å². The molecule has 1 aromatic heterocycles. The second-order valence-electron chi connectivity index (χ2n) is 4.90. The lowest BCUT2D eigenvalue weighted by Crippen LogP contribution is -2.38. The van der Waals surface area contributed by atoms with Crippen LogP contribution < -0.4 is 5.32 Å². The Morgan fingerprint density at radius 3 is 2.70 bits per heavy atom. The highest BCUT2D eigenvalue weighted by Gasteiger charge is 2.44. The Morgan fingerprint density at radius 2 is 2.20 bits per heavy atom. The van der Waals surface area contributed by atoms with E-state index in [2.05, 4.69) is 15.5 Å². The molecule has 1 aliphatic heterocycles. The van der Waals surface area contributed by atoms with Gasteiger partial charge in [0, 0.05) is 13.1 Å². The maximum Gasteiger partial charge on any atom is 0.323 e. The highest BCUT2D eigenvalue weighted by atomic mass is 32.1. The number of urea groups is 1. The molecule has 2 rings (SSSR count). The second-order valence-corrected chi connectivity index (χ2v) is 5.96. The molecule has 1 saturated heterocycles. The number of aromatic nitrogens is 2. The van der Waals surface area contributed by atoms with Gasteiger partial charge in [-0.15, -0.1) is 10.2 Å². The van der Waals surface area contributed by atoms with Crippen molar-refractivity contribution in [2.45, 2.75) is 33.1 Å². The predicted molar refractivity (Wildman–Crippen MR) is 74.9 cm³/mol. The molecule has 0 aromatic carbocycles. The molecule has 7 nitrogen and oxygen atoms in total. The molecule has 0 radical (unpaired) electrons. The summed E-state index contributed by atoms with van der Waals surface area (Å²) < 4.78 is 0. The zero-order chi connectivity index (χ0) is 14.8. The Hall–Kier alpha value is -1.70. The first kappa shape index (κ1) is 14.7. The summed E-state index contributed by atoms with van der Waals surface area (Å²) in [7, 11) is 0. The summed E-state index contributed by atoms with van der Waals surface area (Å²) in [4.78, 5) is 25.0. The van der Waals surface area contributed by atoms with Crippen molar-refractivity contribution in [3.63, 3.8) is 0 Å². The average Bonchev–Trinajstić information content (AvgIpc) is 3.05. The number of amides is 2. The molecule has 1 atom stereocenters. The van der Waals surface area contributed by atoms with Crippen molar-refractivity contribution in [1.29, 1.82) is 0 Å². The van der Waals surface area contributed by atoms with Crippen LogP contribution in [0.1, 0.15) is 31.7 Å². The van der Waals surface area contributed by atoms with E-state index in [-0.39, 0.29) is 12.6 Å². The van der Waals surface area contributed by atoms with E-state index in [9.17, 15) is 14.7 Å². The van der Waals surface area contributed by atoms with Crippen molar-refractivity contribution in [2.75, 3.05) is 18.4 Å². The molecule has 8 heteroatoms. The number of nitrogens with one attached hydrogen (secondary N) is 1. The summed E-state index contributed by atoms with van der Waals surface area (Å²) in [5.41, 5.74) is -0.812. The van der Waals surface area contributed by atoms with Crippen molar-refractivity contribution < 1.29 is 14.7 Å². The lowest BCUT2D eigenvalue weighted by molar-refractivity contribution is -0.148. The lowest BCUT2D eigenvalue weighted by Gasteiger charge is -2.22. The molecule has 0 spiro atoms. The van der Waals surface area contributed by atoms with Gasteiger partial charge in [-0.3, -0.25) is 10.1 Å². The van der Waals surface area contributed by atoms with Crippen LogP contribution in [0.5, 0.6) is 0 Å². The number of hydrogen-bond acceptors (Lipinski definition) is 5. The van der Waals surface area contributed by atoms with Crippen molar-refractivity contribution in [1.82, 2.24) is 15.1 Å². The third-order valence-corrected chi connectivity index (χ3v) is 4.74. The SMILES string of the molecule is CCc1nnc(NC(=O)N2CCC(CC)(C(=O)O)C2)s1. The first-order valence-corrected chi connectivity index (χ1v) is 7.44. The molecular formula is C12H18N4O3S. The standard InChI is InChI=1S/C12H18N4O3S/c1-3-8-14-15-10(20-8)13-11(19)16-6-5-12(4-2,7-16)9(17)18/h3-7H2,1-2H3,(H,17,18)(H,13,15,19). The fourth-order valence-corrected chi connectivity index (χ4v) is 2.95. The van der Waals surface area contributed by atoms with E-state index in [1.165, 1.54) is 16.2 Å². The van der Waals surface area contributed by atoms with Crippen molar-refractivity contribution >= 4 is 28.5 Å². The van der Waals surface area contributed by atoms with Crippen molar-refractivity contribution in [2.24, 2.45) is 5.41 Å². The van der Waals surface area contributed by atoms with Gasteiger partial charge in [0.1, 0.15) is 5.01 Å². The molecule has 1 aliphatic rings. The Bertz CT molecular complexity index is 519. The van der Waals surface area contributed by atoms with Crippen molar-refractivity contribution in [3.05, 3.63) is 5.01 Å². The largest absolute Gasteiger partial charge is 0.481 e. The van der Waals surface area contributed by atoms with Gasteiger partial charge in [-0.1, -0.05) is 25.2 Å². The fraction of sp³-hybridized carbons (Fsp3) is 0.667. The third kappa shape index (κ3) is 2.74. The van der Waals surface area contributed by atoms with Gasteiger partial charge in [0.2, 0.25) is 5.13 Å². The Morgan fingerprint density at radius 1 is 1.45 bits per heavy atom. The van der Waals surface area contributed by atoms with Crippen LogP contribution in [0.25, 0.3) is 0 Å². The van der Waals surface area contributed by atoms with Crippen molar-refractivity contribution in [3.8, 4) is 0 Å². The quantitative estimate of drug-likeness (QED) is 0.884. The van der Waals surface area contributed by atoms with E-state index in [0.717, 1.165) is 11.4 Å². The summed E-state index contributed by atoms with van der Waals surface area (Å²) in [5, 5.41) is 21.1. The number of rotatable bonds is 4. The van der Waals surface area contributed by atoms with Gasteiger partial charge in [0.25, 0.3) is 0 Å². The lowest BCUT2D eigenvalue weighted by atomic mass is 9.84. The molecule has 0 aliphatic carbocycles. The van der Waals surface area contributed by atoms with E-state index in [0.29, 0.717) is 24.5 Å². The maximum atomic E-state index is 12.1. The van der Waals surface area contributed by atoms with Crippen LogP contribution in [-0.4, -0.2) is 45.3 Å². The van der Waals surface area contributed by atoms with Gasteiger partial charge >= 0.3 is 12.0 Å². The zero-order valence-electron chi connectivity index (χ0n) is 11.5. The Labute approximate surface area is 121 Å². The van der Waals surface area contributed by atoms with E-state index < -0.39 is 11.4 Å². The number of hydrogen-bond donors (Lipinski definition) is 2. The number of carbonyl (C=O) groups excluding carboxylic acids is 1. The number of aliphatic carboxylic acids is 1. The minimum atomic E-state index is -0.834. The number of nitrogens with zero attached hydrogens (tertiary/aromatic N) is 3. The Kier molecular flexibility index (Phi) is 4.22. The van der Waals surface area contributed by atoms with Gasteiger partial charge < -0.3 is 10.0 Å². The zero-order valence-corrected chi connectivity index (χ0v) is 12.4. The van der Waals surface area contributed by atoms with Gasteiger partial charge in [0.15, 0.2) is 0 Å². The van der Waals surface area contributed by atoms with Crippen LogP contribution in [0.15, 0.2) is 0 Å². The summed E-state index contributed by atoms with van der Waals surface area (Å²) in [6.07, 6.45) is 1.78. The summed E-state index contributed by atoms with van der Waals surface area (Å²) in [6, 6.07) is -0.305. The van der Waals surface area contributed by atoms with E-state index in [1.807, 2.05) is 13.8 Å². The molecule has 0 saturated carbocycles. The maximum absolute atomic E-state index is 12.1.